The van der Waals surface area contributed by atoms with Crippen molar-refractivity contribution in [1.82, 2.24) is 4.90 Å². The maximum Gasteiger partial charge on any atom is 0.306 e. The molecule has 0 aromatic heterocycles. The Morgan fingerprint density at radius 3 is 2.27 bits per heavy atom. The van der Waals surface area contributed by atoms with Gasteiger partial charge in [0.15, 0.2) is 0 Å². The van der Waals surface area contributed by atoms with E-state index < -0.39 is 5.97 Å². The number of nitrogens with zero attached hydrogens (tertiary/aromatic N) is 1. The predicted octanol–water partition coefficient (Wildman–Crippen LogP) is 1.68. The third-order valence-electron chi connectivity index (χ3n) is 3.59. The SMILES string of the molecule is O=C(O)C1CCN(C2CCSCC2)CC1. The van der Waals surface area contributed by atoms with E-state index in [9.17, 15) is 4.79 Å². The normalized spacial score (nSPS) is 26.7. The highest BCUT2D eigenvalue weighted by molar-refractivity contribution is 7.99. The van der Waals surface area contributed by atoms with Crippen molar-refractivity contribution in [1.29, 1.82) is 0 Å². The molecule has 15 heavy (non-hydrogen) atoms. The van der Waals surface area contributed by atoms with Gasteiger partial charge in [0.1, 0.15) is 0 Å². The number of hydrogen-bond acceptors (Lipinski definition) is 3. The van der Waals surface area contributed by atoms with Crippen LogP contribution in [0, 0.1) is 5.92 Å². The summed E-state index contributed by atoms with van der Waals surface area (Å²) in [6.45, 7) is 1.98. The number of carboxylic acid groups (broad SMARTS) is 1. The van der Waals surface area contributed by atoms with Gasteiger partial charge in [-0.3, -0.25) is 4.79 Å². The van der Waals surface area contributed by atoms with Crippen LogP contribution < -0.4 is 0 Å². The van der Waals surface area contributed by atoms with E-state index in [0.717, 1.165) is 32.0 Å². The fourth-order valence-electron chi connectivity index (χ4n) is 2.56. The summed E-state index contributed by atoms with van der Waals surface area (Å²) in [6.07, 6.45) is 4.28. The van der Waals surface area contributed by atoms with Crippen molar-refractivity contribution >= 4 is 17.7 Å². The Bertz CT molecular complexity index is 221. The summed E-state index contributed by atoms with van der Waals surface area (Å²) in [7, 11) is 0. The van der Waals surface area contributed by atoms with Crippen LogP contribution in [0.15, 0.2) is 0 Å². The lowest BCUT2D eigenvalue weighted by Crippen LogP contribution is -2.44. The lowest BCUT2D eigenvalue weighted by Gasteiger charge is -2.38. The Morgan fingerprint density at radius 2 is 1.73 bits per heavy atom. The largest absolute Gasteiger partial charge is 0.481 e. The summed E-state index contributed by atoms with van der Waals surface area (Å²) in [5.74, 6) is 1.88. The van der Waals surface area contributed by atoms with Crippen LogP contribution in [-0.4, -0.2) is 46.6 Å². The maximum absolute atomic E-state index is 10.8. The number of piperidine rings is 1. The van der Waals surface area contributed by atoms with Gasteiger partial charge in [0, 0.05) is 6.04 Å². The zero-order chi connectivity index (χ0) is 10.7. The first-order valence-corrected chi connectivity index (χ1v) is 6.97. The third-order valence-corrected chi connectivity index (χ3v) is 4.63. The van der Waals surface area contributed by atoms with Crippen molar-refractivity contribution in [2.45, 2.75) is 31.7 Å². The Balaban J connectivity index is 1.79. The van der Waals surface area contributed by atoms with Crippen molar-refractivity contribution in [3.63, 3.8) is 0 Å². The van der Waals surface area contributed by atoms with E-state index in [4.69, 9.17) is 5.11 Å². The molecule has 4 heteroatoms. The van der Waals surface area contributed by atoms with Gasteiger partial charge < -0.3 is 10.0 Å². The van der Waals surface area contributed by atoms with E-state index in [0.29, 0.717) is 0 Å². The summed E-state index contributed by atoms with van der Waals surface area (Å²) in [4.78, 5) is 13.3. The first kappa shape index (κ1) is 11.3. The van der Waals surface area contributed by atoms with Crippen molar-refractivity contribution < 1.29 is 9.90 Å². The molecule has 2 heterocycles. The molecule has 0 bridgehead atoms. The van der Waals surface area contributed by atoms with Gasteiger partial charge in [0.2, 0.25) is 0 Å². The summed E-state index contributed by atoms with van der Waals surface area (Å²) in [5.41, 5.74) is 0. The average molecular weight is 229 g/mol. The lowest BCUT2D eigenvalue weighted by atomic mass is 9.95. The summed E-state index contributed by atoms with van der Waals surface area (Å²) in [5, 5.41) is 8.91. The summed E-state index contributed by atoms with van der Waals surface area (Å²) < 4.78 is 0. The topological polar surface area (TPSA) is 40.5 Å². The molecule has 0 amide bonds. The molecule has 2 rings (SSSR count). The molecule has 0 aromatic carbocycles. The zero-order valence-electron chi connectivity index (χ0n) is 9.02. The van der Waals surface area contributed by atoms with Crippen molar-refractivity contribution in [2.75, 3.05) is 24.6 Å². The Kier molecular flexibility index (Phi) is 3.92. The first-order valence-electron chi connectivity index (χ1n) is 5.82. The van der Waals surface area contributed by atoms with Crippen LogP contribution in [0.3, 0.4) is 0 Å². The van der Waals surface area contributed by atoms with E-state index in [1.165, 1.54) is 24.3 Å². The monoisotopic (exact) mass is 229 g/mol. The molecule has 2 aliphatic rings. The molecule has 0 radical (unpaired) electrons. The smallest absolute Gasteiger partial charge is 0.306 e. The molecule has 86 valence electrons. The van der Waals surface area contributed by atoms with Gasteiger partial charge >= 0.3 is 5.97 Å². The highest BCUT2D eigenvalue weighted by Gasteiger charge is 2.28. The van der Waals surface area contributed by atoms with Crippen LogP contribution in [0.1, 0.15) is 25.7 Å². The molecule has 0 unspecified atom stereocenters. The van der Waals surface area contributed by atoms with Gasteiger partial charge in [-0.25, -0.2) is 0 Å². The number of hydrogen-bond donors (Lipinski definition) is 1. The number of carbonyl (C=O) groups is 1. The second kappa shape index (κ2) is 5.21. The average Bonchev–Trinajstić information content (AvgIpc) is 2.30. The fourth-order valence-corrected chi connectivity index (χ4v) is 3.64. The van der Waals surface area contributed by atoms with Crippen LogP contribution in [0.5, 0.6) is 0 Å². The molecule has 2 fully saturated rings. The van der Waals surface area contributed by atoms with Crippen LogP contribution >= 0.6 is 11.8 Å². The molecule has 2 aliphatic heterocycles. The van der Waals surface area contributed by atoms with E-state index in [1.807, 2.05) is 11.8 Å². The van der Waals surface area contributed by atoms with Gasteiger partial charge in [-0.1, -0.05) is 0 Å². The number of carboxylic acids is 1. The molecule has 0 saturated carbocycles. The van der Waals surface area contributed by atoms with Crippen molar-refractivity contribution in [3.8, 4) is 0 Å². The van der Waals surface area contributed by atoms with Crippen LogP contribution in [-0.2, 0) is 4.79 Å². The molecular weight excluding hydrogens is 210 g/mol. The van der Waals surface area contributed by atoms with E-state index in [1.54, 1.807) is 0 Å². The molecule has 1 N–H and O–H groups in total. The highest BCUT2D eigenvalue weighted by atomic mass is 32.2. The van der Waals surface area contributed by atoms with Gasteiger partial charge in [-0.15, -0.1) is 0 Å². The molecule has 0 spiro atoms. The van der Waals surface area contributed by atoms with Crippen LogP contribution in [0.25, 0.3) is 0 Å². The van der Waals surface area contributed by atoms with Crippen LogP contribution in [0.2, 0.25) is 0 Å². The maximum atomic E-state index is 10.8. The van der Waals surface area contributed by atoms with E-state index in [2.05, 4.69) is 4.90 Å². The number of likely N-dealkylation sites (tertiary alicyclic amines) is 1. The molecule has 0 aromatic rings. The minimum atomic E-state index is -0.603. The lowest BCUT2D eigenvalue weighted by molar-refractivity contribution is -0.143. The Labute approximate surface area is 95.2 Å². The summed E-state index contributed by atoms with van der Waals surface area (Å²) >= 11 is 2.05. The molecular formula is C11H19NO2S. The quantitative estimate of drug-likeness (QED) is 0.782. The Hall–Kier alpha value is -0.220. The molecule has 0 aliphatic carbocycles. The number of thioether (sulfide) groups is 1. The second-order valence-corrected chi connectivity index (χ2v) is 5.72. The Morgan fingerprint density at radius 1 is 1.13 bits per heavy atom. The third kappa shape index (κ3) is 2.88. The standard InChI is InChI=1S/C11H19NO2S/c13-11(14)9-1-5-12(6-2-9)10-3-7-15-8-4-10/h9-10H,1-8H2,(H,13,14). The van der Waals surface area contributed by atoms with Crippen LogP contribution in [0.4, 0.5) is 0 Å². The highest BCUT2D eigenvalue weighted by Crippen LogP contribution is 2.26. The van der Waals surface area contributed by atoms with Crippen molar-refractivity contribution in [3.05, 3.63) is 0 Å². The number of rotatable bonds is 2. The fraction of sp³-hybridized carbons (Fsp3) is 0.909. The van der Waals surface area contributed by atoms with E-state index in [-0.39, 0.29) is 5.92 Å². The van der Waals surface area contributed by atoms with Gasteiger partial charge in [0.25, 0.3) is 0 Å². The van der Waals surface area contributed by atoms with E-state index >= 15 is 0 Å². The summed E-state index contributed by atoms with van der Waals surface area (Å²) in [6, 6.07) is 0.737. The molecule has 0 atom stereocenters. The minimum absolute atomic E-state index is 0.0841. The second-order valence-electron chi connectivity index (χ2n) is 4.49. The predicted molar refractivity (Wildman–Crippen MR) is 62.3 cm³/mol. The molecule has 2 saturated heterocycles. The van der Waals surface area contributed by atoms with Gasteiger partial charge in [-0.2, -0.15) is 11.8 Å². The van der Waals surface area contributed by atoms with Gasteiger partial charge in [-0.05, 0) is 50.3 Å². The van der Waals surface area contributed by atoms with Gasteiger partial charge in [0.05, 0.1) is 5.92 Å². The minimum Gasteiger partial charge on any atom is -0.481 e. The molecule has 3 nitrogen and oxygen atoms in total. The zero-order valence-corrected chi connectivity index (χ0v) is 9.84. The van der Waals surface area contributed by atoms with Crippen molar-refractivity contribution in [2.24, 2.45) is 5.92 Å². The first-order chi connectivity index (χ1) is 7.27. The number of aliphatic carboxylic acids is 1.